The van der Waals surface area contributed by atoms with E-state index in [2.05, 4.69) is 19.1 Å². The van der Waals surface area contributed by atoms with E-state index in [0.29, 0.717) is 19.6 Å². The topological polar surface area (TPSA) is 84.2 Å². The van der Waals surface area contributed by atoms with Gasteiger partial charge in [-0.15, -0.1) is 0 Å². The molecule has 0 aromatic carbocycles. The van der Waals surface area contributed by atoms with Crippen molar-refractivity contribution in [2.75, 3.05) is 32.8 Å². The Balaban J connectivity index is 3.90. The van der Waals surface area contributed by atoms with Gasteiger partial charge in [0.25, 0.3) is 0 Å². The summed E-state index contributed by atoms with van der Waals surface area (Å²) in [6.45, 7) is 2.92. The monoisotopic (exact) mass is 303 g/mol. The number of hydrogen-bond donors (Lipinski definition) is 4. The molecule has 21 heavy (non-hydrogen) atoms. The van der Waals surface area contributed by atoms with Crippen LogP contribution in [0.25, 0.3) is 0 Å². The summed E-state index contributed by atoms with van der Waals surface area (Å²) >= 11 is 0. The lowest BCUT2D eigenvalue weighted by atomic mass is 10.1. The Bertz CT molecular complexity index is 236. The van der Waals surface area contributed by atoms with Crippen LogP contribution in [0.2, 0.25) is 0 Å². The average Bonchev–Trinajstić information content (AvgIpc) is 2.49. The lowest BCUT2D eigenvalue weighted by Crippen LogP contribution is -2.40. The first kappa shape index (κ1) is 20.5. The van der Waals surface area contributed by atoms with Crippen molar-refractivity contribution in [3.8, 4) is 0 Å². The first-order valence-electron chi connectivity index (χ1n) is 8.09. The van der Waals surface area contributed by atoms with Gasteiger partial charge in [-0.1, -0.05) is 38.3 Å². The first-order chi connectivity index (χ1) is 10.1. The SMILES string of the molecule is CCCCCC/C=C/CCN(CC(O)CO)CC(O)CO. The normalized spacial score (nSPS) is 15.0. The quantitative estimate of drug-likeness (QED) is 0.283. The molecule has 0 amide bonds. The van der Waals surface area contributed by atoms with Crippen molar-refractivity contribution in [1.82, 2.24) is 4.90 Å². The van der Waals surface area contributed by atoms with Crippen molar-refractivity contribution in [1.29, 1.82) is 0 Å². The van der Waals surface area contributed by atoms with E-state index in [4.69, 9.17) is 10.2 Å². The number of nitrogens with zero attached hydrogens (tertiary/aromatic N) is 1. The van der Waals surface area contributed by atoms with E-state index < -0.39 is 12.2 Å². The van der Waals surface area contributed by atoms with Crippen LogP contribution < -0.4 is 0 Å². The highest BCUT2D eigenvalue weighted by atomic mass is 16.3. The summed E-state index contributed by atoms with van der Waals surface area (Å²) in [6, 6.07) is 0. The molecule has 2 unspecified atom stereocenters. The molecule has 0 aliphatic heterocycles. The van der Waals surface area contributed by atoms with E-state index in [0.717, 1.165) is 12.8 Å². The van der Waals surface area contributed by atoms with Gasteiger partial charge in [-0.05, 0) is 19.3 Å². The van der Waals surface area contributed by atoms with Gasteiger partial charge in [-0.3, -0.25) is 4.90 Å². The van der Waals surface area contributed by atoms with Gasteiger partial charge in [0.05, 0.1) is 25.4 Å². The van der Waals surface area contributed by atoms with Crippen LogP contribution in [0.1, 0.15) is 45.4 Å². The minimum atomic E-state index is -0.811. The number of rotatable bonds is 14. The van der Waals surface area contributed by atoms with Crippen LogP contribution in [0.4, 0.5) is 0 Å². The van der Waals surface area contributed by atoms with Gasteiger partial charge in [0.1, 0.15) is 0 Å². The third kappa shape index (κ3) is 13.0. The highest BCUT2D eigenvalue weighted by molar-refractivity contribution is 4.83. The fourth-order valence-electron chi connectivity index (χ4n) is 2.15. The molecule has 0 aromatic heterocycles. The molecule has 2 atom stereocenters. The van der Waals surface area contributed by atoms with Gasteiger partial charge >= 0.3 is 0 Å². The van der Waals surface area contributed by atoms with Crippen molar-refractivity contribution in [3.05, 3.63) is 12.2 Å². The summed E-state index contributed by atoms with van der Waals surface area (Å²) in [5.41, 5.74) is 0. The van der Waals surface area contributed by atoms with Crippen molar-refractivity contribution in [3.63, 3.8) is 0 Å². The molecule has 5 nitrogen and oxygen atoms in total. The van der Waals surface area contributed by atoms with Crippen LogP contribution in [0, 0.1) is 0 Å². The average molecular weight is 303 g/mol. The predicted octanol–water partition coefficient (Wildman–Crippen LogP) is 0.911. The lowest BCUT2D eigenvalue weighted by Gasteiger charge is -2.25. The molecule has 4 N–H and O–H groups in total. The van der Waals surface area contributed by atoms with E-state index in [1.54, 1.807) is 0 Å². The van der Waals surface area contributed by atoms with Crippen molar-refractivity contribution >= 4 is 0 Å². The van der Waals surface area contributed by atoms with E-state index in [9.17, 15) is 10.2 Å². The summed E-state index contributed by atoms with van der Waals surface area (Å²) in [7, 11) is 0. The lowest BCUT2D eigenvalue weighted by molar-refractivity contribution is 0.0239. The van der Waals surface area contributed by atoms with Crippen LogP contribution in [0.5, 0.6) is 0 Å². The number of aliphatic hydroxyl groups excluding tert-OH is 4. The second kappa shape index (κ2) is 14.5. The van der Waals surface area contributed by atoms with Gasteiger partial charge in [0.15, 0.2) is 0 Å². The van der Waals surface area contributed by atoms with Crippen molar-refractivity contribution in [2.45, 2.75) is 57.7 Å². The molecule has 126 valence electrons. The Labute approximate surface area is 128 Å². The fraction of sp³-hybridized carbons (Fsp3) is 0.875. The summed E-state index contributed by atoms with van der Waals surface area (Å²) in [4.78, 5) is 1.86. The maximum Gasteiger partial charge on any atom is 0.0897 e. The smallest absolute Gasteiger partial charge is 0.0897 e. The minimum Gasteiger partial charge on any atom is -0.394 e. The van der Waals surface area contributed by atoms with Gasteiger partial charge in [0, 0.05) is 19.6 Å². The standard InChI is InChI=1S/C16H33NO4/c1-2-3-4-5-6-7-8-9-10-17(11-15(20)13-18)12-16(21)14-19/h7-8,15-16,18-21H,2-6,9-14H2,1H3/b8-7+. The van der Waals surface area contributed by atoms with E-state index in [1.165, 1.54) is 25.7 Å². The third-order valence-electron chi connectivity index (χ3n) is 3.36. The van der Waals surface area contributed by atoms with Crippen LogP contribution in [0.15, 0.2) is 12.2 Å². The molecule has 0 saturated carbocycles. The largest absolute Gasteiger partial charge is 0.394 e. The van der Waals surface area contributed by atoms with Crippen LogP contribution in [-0.4, -0.2) is 70.4 Å². The molecule has 0 fully saturated rings. The highest BCUT2D eigenvalue weighted by Gasteiger charge is 2.14. The van der Waals surface area contributed by atoms with E-state index in [1.807, 2.05) is 4.90 Å². The van der Waals surface area contributed by atoms with E-state index in [-0.39, 0.29) is 13.2 Å². The van der Waals surface area contributed by atoms with Crippen LogP contribution >= 0.6 is 0 Å². The molecular formula is C16H33NO4. The Morgan fingerprint density at radius 2 is 1.43 bits per heavy atom. The molecule has 0 aromatic rings. The molecule has 0 rings (SSSR count). The molecule has 0 heterocycles. The number of allylic oxidation sites excluding steroid dienone is 1. The number of aliphatic hydroxyl groups is 4. The molecule has 0 saturated heterocycles. The van der Waals surface area contributed by atoms with Gasteiger partial charge in [-0.2, -0.15) is 0 Å². The van der Waals surface area contributed by atoms with Crippen LogP contribution in [0.3, 0.4) is 0 Å². The Kier molecular flexibility index (Phi) is 14.2. The van der Waals surface area contributed by atoms with Gasteiger partial charge in [-0.25, -0.2) is 0 Å². The molecule has 0 aliphatic carbocycles. The maximum atomic E-state index is 9.48. The van der Waals surface area contributed by atoms with Crippen LogP contribution in [-0.2, 0) is 0 Å². The summed E-state index contributed by atoms with van der Waals surface area (Å²) in [6.07, 6.45) is 9.65. The fourth-order valence-corrected chi connectivity index (χ4v) is 2.15. The van der Waals surface area contributed by atoms with Gasteiger partial charge < -0.3 is 20.4 Å². The zero-order valence-corrected chi connectivity index (χ0v) is 13.3. The zero-order valence-electron chi connectivity index (χ0n) is 13.3. The van der Waals surface area contributed by atoms with Crippen molar-refractivity contribution < 1.29 is 20.4 Å². The molecule has 0 spiro atoms. The summed E-state index contributed by atoms with van der Waals surface area (Å²) in [5, 5.41) is 36.7. The molecular weight excluding hydrogens is 270 g/mol. The second-order valence-electron chi connectivity index (χ2n) is 5.54. The molecule has 0 radical (unpaired) electrons. The third-order valence-corrected chi connectivity index (χ3v) is 3.36. The maximum absolute atomic E-state index is 9.48. The molecule has 0 bridgehead atoms. The number of unbranched alkanes of at least 4 members (excludes halogenated alkanes) is 4. The molecule has 5 heteroatoms. The zero-order chi connectivity index (χ0) is 15.9. The highest BCUT2D eigenvalue weighted by Crippen LogP contribution is 2.04. The number of hydrogen-bond acceptors (Lipinski definition) is 5. The summed E-state index contributed by atoms with van der Waals surface area (Å²) in [5.74, 6) is 0. The second-order valence-corrected chi connectivity index (χ2v) is 5.54. The minimum absolute atomic E-state index is 0.293. The van der Waals surface area contributed by atoms with Gasteiger partial charge in [0.2, 0.25) is 0 Å². The van der Waals surface area contributed by atoms with Crippen molar-refractivity contribution in [2.24, 2.45) is 0 Å². The Morgan fingerprint density at radius 3 is 1.95 bits per heavy atom. The first-order valence-corrected chi connectivity index (χ1v) is 8.09. The molecule has 0 aliphatic rings. The Morgan fingerprint density at radius 1 is 0.857 bits per heavy atom. The summed E-state index contributed by atoms with van der Waals surface area (Å²) < 4.78 is 0. The predicted molar refractivity (Wildman–Crippen MR) is 85.1 cm³/mol. The van der Waals surface area contributed by atoms with E-state index >= 15 is 0 Å². The Hall–Kier alpha value is -0.460.